The van der Waals surface area contributed by atoms with E-state index >= 15 is 0 Å². The van der Waals surface area contributed by atoms with Crippen molar-refractivity contribution in [3.05, 3.63) is 23.8 Å². The molecule has 0 saturated heterocycles. The van der Waals surface area contributed by atoms with E-state index in [1.54, 1.807) is 7.05 Å². The Bertz CT molecular complexity index is 573. The van der Waals surface area contributed by atoms with Gasteiger partial charge in [-0.05, 0) is 33.6 Å². The Kier molecular flexibility index (Phi) is 4.08. The molecule has 1 amide bonds. The summed E-state index contributed by atoms with van der Waals surface area (Å²) in [6, 6.07) is 0. The molecule has 1 aliphatic rings. The summed E-state index contributed by atoms with van der Waals surface area (Å²) in [5.41, 5.74) is -0.824. The van der Waals surface area contributed by atoms with Gasteiger partial charge >= 0.3 is 12.1 Å². The Hall–Kier alpha value is -2.18. The third kappa shape index (κ3) is 3.18. The first-order valence-electron chi connectivity index (χ1n) is 7.07. The summed E-state index contributed by atoms with van der Waals surface area (Å²) < 4.78 is 10.00. The molecular weight excluding hydrogens is 286 g/mol. The molecule has 1 heterocycles. The SMILES string of the molecule is COC(=O)c1cnc(C2(N(C)C(=O)OC(C)(C)C)CC2)nc1. The van der Waals surface area contributed by atoms with Crippen LogP contribution < -0.4 is 0 Å². The normalized spacial score (nSPS) is 15.9. The smallest absolute Gasteiger partial charge is 0.410 e. The summed E-state index contributed by atoms with van der Waals surface area (Å²) in [5.74, 6) is 0.0189. The monoisotopic (exact) mass is 307 g/mol. The maximum Gasteiger partial charge on any atom is 0.410 e. The first-order valence-corrected chi connectivity index (χ1v) is 7.07. The molecule has 7 heteroatoms. The number of hydrogen-bond donors (Lipinski definition) is 0. The van der Waals surface area contributed by atoms with Gasteiger partial charge in [0.15, 0.2) is 5.82 Å². The van der Waals surface area contributed by atoms with Crippen molar-refractivity contribution in [1.29, 1.82) is 0 Å². The highest BCUT2D eigenvalue weighted by atomic mass is 16.6. The Balaban J connectivity index is 2.17. The molecule has 1 aromatic heterocycles. The van der Waals surface area contributed by atoms with Crippen LogP contribution in [0.4, 0.5) is 4.79 Å². The molecule has 0 N–H and O–H groups in total. The molecule has 1 saturated carbocycles. The molecule has 0 radical (unpaired) electrons. The number of esters is 1. The standard InChI is InChI=1S/C15H21N3O4/c1-14(2,3)22-13(20)18(4)15(6-7-15)12-16-8-10(9-17-12)11(19)21-5/h8-9H,6-7H2,1-5H3. The molecule has 2 rings (SSSR count). The lowest BCUT2D eigenvalue weighted by Gasteiger charge is -2.30. The molecule has 1 aliphatic carbocycles. The number of nitrogens with zero attached hydrogens (tertiary/aromatic N) is 3. The summed E-state index contributed by atoms with van der Waals surface area (Å²) in [4.78, 5) is 33.6. The van der Waals surface area contributed by atoms with Crippen LogP contribution in [0.15, 0.2) is 12.4 Å². The molecule has 1 aromatic rings. The lowest BCUT2D eigenvalue weighted by molar-refractivity contribution is 0.0180. The summed E-state index contributed by atoms with van der Waals surface area (Å²) in [5, 5.41) is 0. The van der Waals surface area contributed by atoms with Crippen molar-refractivity contribution in [2.24, 2.45) is 0 Å². The van der Waals surface area contributed by atoms with Crippen molar-refractivity contribution in [2.45, 2.75) is 44.8 Å². The van der Waals surface area contributed by atoms with Crippen LogP contribution in [-0.2, 0) is 15.0 Å². The molecule has 0 aliphatic heterocycles. The number of amides is 1. The Labute approximate surface area is 129 Å². The lowest BCUT2D eigenvalue weighted by Crippen LogP contribution is -2.41. The molecular formula is C15H21N3O4. The van der Waals surface area contributed by atoms with Crippen LogP contribution in [-0.4, -0.2) is 46.7 Å². The van der Waals surface area contributed by atoms with Crippen molar-refractivity contribution in [3.63, 3.8) is 0 Å². The van der Waals surface area contributed by atoms with E-state index in [0.29, 0.717) is 5.82 Å². The predicted octanol–water partition coefficient (Wildman–Crippen LogP) is 2.12. The molecule has 0 spiro atoms. The maximum atomic E-state index is 12.2. The van der Waals surface area contributed by atoms with Crippen molar-refractivity contribution in [2.75, 3.05) is 14.2 Å². The fraction of sp³-hybridized carbons (Fsp3) is 0.600. The minimum atomic E-state index is -0.559. The lowest BCUT2D eigenvalue weighted by atomic mass is 10.2. The van der Waals surface area contributed by atoms with Crippen molar-refractivity contribution >= 4 is 12.1 Å². The minimum absolute atomic E-state index is 0.280. The number of rotatable bonds is 3. The van der Waals surface area contributed by atoms with E-state index in [4.69, 9.17) is 4.74 Å². The van der Waals surface area contributed by atoms with Crippen LogP contribution in [0.5, 0.6) is 0 Å². The second kappa shape index (κ2) is 5.55. The first kappa shape index (κ1) is 16.2. The molecule has 7 nitrogen and oxygen atoms in total. The van der Waals surface area contributed by atoms with Gasteiger partial charge in [-0.1, -0.05) is 0 Å². The molecule has 22 heavy (non-hydrogen) atoms. The van der Waals surface area contributed by atoms with Crippen LogP contribution in [0.3, 0.4) is 0 Å². The number of carbonyl (C=O) groups excluding carboxylic acids is 2. The van der Waals surface area contributed by atoms with Crippen LogP contribution in [0, 0.1) is 0 Å². The van der Waals surface area contributed by atoms with E-state index in [2.05, 4.69) is 14.7 Å². The second-order valence-electron chi connectivity index (χ2n) is 6.36. The summed E-state index contributed by atoms with van der Waals surface area (Å²) >= 11 is 0. The van der Waals surface area contributed by atoms with Crippen molar-refractivity contribution < 1.29 is 19.1 Å². The molecule has 1 fully saturated rings. The van der Waals surface area contributed by atoms with Gasteiger partial charge in [0.05, 0.1) is 12.7 Å². The van der Waals surface area contributed by atoms with E-state index < -0.39 is 23.2 Å². The zero-order chi connectivity index (χ0) is 16.5. The van der Waals surface area contributed by atoms with Crippen LogP contribution >= 0.6 is 0 Å². The van der Waals surface area contributed by atoms with Crippen LogP contribution in [0.25, 0.3) is 0 Å². The number of ether oxygens (including phenoxy) is 2. The van der Waals surface area contributed by atoms with Crippen LogP contribution in [0.1, 0.15) is 49.8 Å². The maximum absolute atomic E-state index is 12.2. The zero-order valence-electron chi connectivity index (χ0n) is 13.5. The molecule has 120 valence electrons. The number of carbonyl (C=O) groups is 2. The van der Waals surface area contributed by atoms with E-state index in [1.807, 2.05) is 20.8 Å². The van der Waals surface area contributed by atoms with Gasteiger partial charge in [0.1, 0.15) is 11.1 Å². The highest BCUT2D eigenvalue weighted by Gasteiger charge is 2.53. The van der Waals surface area contributed by atoms with Gasteiger partial charge < -0.3 is 9.47 Å². The number of methoxy groups -OCH3 is 1. The van der Waals surface area contributed by atoms with Gasteiger partial charge in [-0.3, -0.25) is 4.90 Å². The van der Waals surface area contributed by atoms with Crippen molar-refractivity contribution in [3.8, 4) is 0 Å². The summed E-state index contributed by atoms with van der Waals surface area (Å²) in [6.45, 7) is 5.46. The van der Waals surface area contributed by atoms with Crippen LogP contribution in [0.2, 0.25) is 0 Å². The third-order valence-corrected chi connectivity index (χ3v) is 3.52. The quantitative estimate of drug-likeness (QED) is 0.796. The van der Waals surface area contributed by atoms with E-state index in [9.17, 15) is 9.59 Å². The van der Waals surface area contributed by atoms with Gasteiger partial charge in [0.25, 0.3) is 0 Å². The Morgan fingerprint density at radius 3 is 2.18 bits per heavy atom. The summed E-state index contributed by atoms with van der Waals surface area (Å²) in [7, 11) is 2.98. The Morgan fingerprint density at radius 2 is 1.77 bits per heavy atom. The highest BCUT2D eigenvalue weighted by molar-refractivity contribution is 5.88. The largest absolute Gasteiger partial charge is 0.465 e. The highest BCUT2D eigenvalue weighted by Crippen LogP contribution is 2.49. The summed E-state index contributed by atoms with van der Waals surface area (Å²) in [6.07, 6.45) is 3.94. The first-order chi connectivity index (χ1) is 10.2. The fourth-order valence-corrected chi connectivity index (χ4v) is 2.12. The second-order valence-corrected chi connectivity index (χ2v) is 6.36. The van der Waals surface area contributed by atoms with Gasteiger partial charge in [-0.25, -0.2) is 19.6 Å². The van der Waals surface area contributed by atoms with Crippen molar-refractivity contribution in [1.82, 2.24) is 14.9 Å². The van der Waals surface area contributed by atoms with E-state index in [1.165, 1.54) is 24.4 Å². The fourth-order valence-electron chi connectivity index (χ4n) is 2.12. The molecule has 0 aromatic carbocycles. The Morgan fingerprint density at radius 1 is 1.23 bits per heavy atom. The number of hydrogen-bond acceptors (Lipinski definition) is 6. The van der Waals surface area contributed by atoms with Gasteiger partial charge in [0.2, 0.25) is 0 Å². The average molecular weight is 307 g/mol. The van der Waals surface area contributed by atoms with E-state index in [0.717, 1.165) is 12.8 Å². The van der Waals surface area contributed by atoms with Gasteiger partial charge in [-0.15, -0.1) is 0 Å². The molecule has 0 bridgehead atoms. The average Bonchev–Trinajstić information content (AvgIpc) is 3.25. The molecule has 0 atom stereocenters. The zero-order valence-corrected chi connectivity index (χ0v) is 13.5. The van der Waals surface area contributed by atoms with Gasteiger partial charge in [-0.2, -0.15) is 0 Å². The predicted molar refractivity (Wildman–Crippen MR) is 78.3 cm³/mol. The molecule has 0 unspecified atom stereocenters. The minimum Gasteiger partial charge on any atom is -0.465 e. The topological polar surface area (TPSA) is 81.6 Å². The third-order valence-electron chi connectivity index (χ3n) is 3.52. The van der Waals surface area contributed by atoms with Gasteiger partial charge in [0, 0.05) is 19.4 Å². The van der Waals surface area contributed by atoms with E-state index in [-0.39, 0.29) is 5.56 Å². The number of aromatic nitrogens is 2.